The summed E-state index contributed by atoms with van der Waals surface area (Å²) in [5, 5.41) is 6.56. The van der Waals surface area contributed by atoms with Crippen LogP contribution in [0.5, 0.6) is 0 Å². The Morgan fingerprint density at radius 2 is 1.25 bits per heavy atom. The fourth-order valence-corrected chi connectivity index (χ4v) is 3.75. The van der Waals surface area contributed by atoms with Gasteiger partial charge in [-0.3, -0.25) is 14.1 Å². The largest absolute Gasteiger partial charge is 0.481 e. The number of allylic oxidation sites excluding steroid dienone is 2. The fraction of sp³-hybridized carbons (Fsp3) is 0.818. The van der Waals surface area contributed by atoms with Gasteiger partial charge in [-0.25, -0.2) is 0 Å². The maximum Gasteiger partial charge on any atom is 0.327 e. The zero-order valence-electron chi connectivity index (χ0n) is 19.8. The van der Waals surface area contributed by atoms with Crippen molar-refractivity contribution in [1.82, 2.24) is 12.3 Å². The number of hydrogen-bond acceptors (Lipinski definition) is 7. The van der Waals surface area contributed by atoms with Crippen LogP contribution in [-0.4, -0.2) is 41.9 Å². The number of carbonyl (C=O) groups is 2. The lowest BCUT2D eigenvalue weighted by Crippen LogP contribution is -2.34. The molecule has 0 aromatic carbocycles. The molecule has 0 saturated carbocycles. The highest BCUT2D eigenvalue weighted by Gasteiger charge is 2.34. The Bertz CT molecular complexity index is 595. The predicted molar refractivity (Wildman–Crippen MR) is 128 cm³/mol. The summed E-state index contributed by atoms with van der Waals surface area (Å²) in [6.45, 7) is 2.25. The van der Waals surface area contributed by atoms with Gasteiger partial charge in [0.05, 0.1) is 13.0 Å². The second-order valence-corrected chi connectivity index (χ2v) is 9.31. The highest BCUT2D eigenvalue weighted by molar-refractivity contribution is 7.87. The van der Waals surface area contributed by atoms with Crippen LogP contribution in [0.25, 0.3) is 0 Å². The molecule has 0 bridgehead atoms. The zero-order chi connectivity index (χ0) is 22.7. The van der Waals surface area contributed by atoms with E-state index in [0.29, 0.717) is 6.42 Å². The van der Waals surface area contributed by atoms with Crippen LogP contribution in [0.1, 0.15) is 103 Å². The molecule has 0 radical (unpaired) electrons. The molecule has 0 saturated heterocycles. The lowest BCUT2D eigenvalue weighted by Gasteiger charge is -2.11. The Morgan fingerprint density at radius 1 is 0.812 bits per heavy atom. The summed E-state index contributed by atoms with van der Waals surface area (Å²) >= 11 is 0. The van der Waals surface area contributed by atoms with Crippen LogP contribution in [0.2, 0.25) is 0 Å². The van der Waals surface area contributed by atoms with Gasteiger partial charge in [0.1, 0.15) is 0 Å². The van der Waals surface area contributed by atoms with Gasteiger partial charge in [0.2, 0.25) is 0 Å². The minimum atomic E-state index is -4.79. The van der Waals surface area contributed by atoms with Crippen molar-refractivity contribution >= 4 is 22.1 Å². The van der Waals surface area contributed by atoms with E-state index in [0.717, 1.165) is 38.5 Å². The van der Waals surface area contributed by atoms with E-state index in [9.17, 15) is 18.0 Å². The number of ether oxygens (including phenoxy) is 1. The van der Waals surface area contributed by atoms with E-state index in [1.807, 2.05) is 0 Å². The third kappa shape index (κ3) is 21.7. The molecule has 0 spiro atoms. The fourth-order valence-electron chi connectivity index (χ4n) is 3.08. The average molecular weight is 483 g/mol. The van der Waals surface area contributed by atoms with Crippen LogP contribution < -0.4 is 12.3 Å². The van der Waals surface area contributed by atoms with Crippen LogP contribution in [0.15, 0.2) is 12.2 Å². The maximum absolute atomic E-state index is 11.7. The molecule has 0 rings (SSSR count). The molecule has 0 amide bonds. The molecule has 32 heavy (non-hydrogen) atoms. The second kappa shape index (κ2) is 22.7. The van der Waals surface area contributed by atoms with Crippen LogP contribution in [0.4, 0.5) is 0 Å². The SMILES string of the molecule is CCCCCCCC/C=C\CCCCCCCCOC(=O)C(CC(=O)O)S(=O)(=O)O.N.N. The van der Waals surface area contributed by atoms with Gasteiger partial charge in [0.25, 0.3) is 10.1 Å². The van der Waals surface area contributed by atoms with Gasteiger partial charge >= 0.3 is 11.9 Å². The maximum atomic E-state index is 11.7. The van der Waals surface area contributed by atoms with E-state index in [4.69, 9.17) is 14.4 Å². The first-order valence-corrected chi connectivity index (χ1v) is 12.8. The Hall–Kier alpha value is -1.49. The smallest absolute Gasteiger partial charge is 0.327 e. The molecule has 8 N–H and O–H groups in total. The zero-order valence-corrected chi connectivity index (χ0v) is 20.6. The predicted octanol–water partition coefficient (Wildman–Crippen LogP) is 5.62. The van der Waals surface area contributed by atoms with Gasteiger partial charge in [-0.15, -0.1) is 0 Å². The number of unbranched alkanes of at least 4 members (excludes halogenated alkanes) is 12. The molecule has 0 heterocycles. The number of esters is 1. The first-order valence-electron chi connectivity index (χ1n) is 11.3. The van der Waals surface area contributed by atoms with Crippen LogP contribution in [0, 0.1) is 0 Å². The highest BCUT2D eigenvalue weighted by Crippen LogP contribution is 2.11. The van der Waals surface area contributed by atoms with Crippen molar-refractivity contribution in [1.29, 1.82) is 0 Å². The number of carboxylic acids is 1. The molecule has 10 heteroatoms. The number of carboxylic acid groups (broad SMARTS) is 1. The van der Waals surface area contributed by atoms with Gasteiger partial charge in [-0.1, -0.05) is 76.9 Å². The molecule has 0 aromatic rings. The molecule has 0 aliphatic heterocycles. The van der Waals surface area contributed by atoms with Crippen molar-refractivity contribution in [2.24, 2.45) is 0 Å². The number of aliphatic carboxylic acids is 1. The van der Waals surface area contributed by atoms with Gasteiger partial charge in [-0.2, -0.15) is 8.42 Å². The second-order valence-electron chi connectivity index (χ2n) is 7.71. The van der Waals surface area contributed by atoms with E-state index < -0.39 is 33.7 Å². The molecular formula is C22H46N2O7S. The average Bonchev–Trinajstić information content (AvgIpc) is 2.67. The molecule has 0 aliphatic rings. The molecule has 0 aliphatic carbocycles. The molecule has 9 nitrogen and oxygen atoms in total. The van der Waals surface area contributed by atoms with Gasteiger partial charge in [0, 0.05) is 0 Å². The molecule has 1 atom stereocenters. The molecule has 0 fully saturated rings. The van der Waals surface area contributed by atoms with Gasteiger partial charge < -0.3 is 22.1 Å². The van der Waals surface area contributed by atoms with Crippen molar-refractivity contribution in [3.63, 3.8) is 0 Å². The number of rotatable bonds is 20. The summed E-state index contributed by atoms with van der Waals surface area (Å²) in [4.78, 5) is 22.3. The summed E-state index contributed by atoms with van der Waals surface area (Å²) < 4.78 is 35.9. The quantitative estimate of drug-likeness (QED) is 0.0738. The molecule has 1 unspecified atom stereocenters. The summed E-state index contributed by atoms with van der Waals surface area (Å²) in [5.74, 6) is -2.71. The summed E-state index contributed by atoms with van der Waals surface area (Å²) in [5.41, 5.74) is 0. The highest BCUT2D eigenvalue weighted by atomic mass is 32.2. The topological polar surface area (TPSA) is 188 Å². The van der Waals surface area contributed by atoms with Crippen LogP contribution >= 0.6 is 0 Å². The third-order valence-corrected chi connectivity index (χ3v) is 5.96. The monoisotopic (exact) mass is 482 g/mol. The van der Waals surface area contributed by atoms with E-state index in [1.165, 1.54) is 44.9 Å². The normalized spacial score (nSPS) is 12.1. The van der Waals surface area contributed by atoms with Gasteiger partial charge in [0.15, 0.2) is 5.25 Å². The number of carbonyl (C=O) groups excluding carboxylic acids is 1. The van der Waals surface area contributed by atoms with Crippen molar-refractivity contribution in [3.8, 4) is 0 Å². The first-order chi connectivity index (χ1) is 14.3. The van der Waals surface area contributed by atoms with Crippen molar-refractivity contribution in [2.75, 3.05) is 6.61 Å². The van der Waals surface area contributed by atoms with E-state index >= 15 is 0 Å². The molecular weight excluding hydrogens is 436 g/mol. The van der Waals surface area contributed by atoms with Crippen molar-refractivity contribution in [2.45, 2.75) is 108 Å². The van der Waals surface area contributed by atoms with Crippen molar-refractivity contribution < 1.29 is 32.4 Å². The Labute approximate surface area is 194 Å². The standard InChI is InChI=1S/C22H40O7S.2H3N/c1-2-3-4-5-6-7-8-9-10-11-12-13-14-15-16-17-18-29-22(25)20(19-21(23)24)30(26,27)28;;/h9-10,20H,2-8,11-19H2,1H3,(H,23,24)(H,26,27,28);2*1H3/b10-9-;;. The summed E-state index contributed by atoms with van der Waals surface area (Å²) in [6, 6.07) is 0. The summed E-state index contributed by atoms with van der Waals surface area (Å²) in [6.07, 6.45) is 19.6. The Kier molecular flexibility index (Phi) is 24.9. The third-order valence-electron chi connectivity index (χ3n) is 4.88. The Balaban J connectivity index is -0.00000420. The van der Waals surface area contributed by atoms with Gasteiger partial charge in [-0.05, 0) is 32.1 Å². The van der Waals surface area contributed by atoms with Crippen LogP contribution in [0.3, 0.4) is 0 Å². The van der Waals surface area contributed by atoms with E-state index in [1.54, 1.807) is 0 Å². The first kappa shape index (κ1) is 35.1. The minimum Gasteiger partial charge on any atom is -0.481 e. The number of hydrogen-bond donors (Lipinski definition) is 4. The molecule has 0 aromatic heterocycles. The van der Waals surface area contributed by atoms with E-state index in [2.05, 4.69) is 19.1 Å². The lowest BCUT2D eigenvalue weighted by molar-refractivity contribution is -0.147. The van der Waals surface area contributed by atoms with E-state index in [-0.39, 0.29) is 18.9 Å². The summed E-state index contributed by atoms with van der Waals surface area (Å²) in [7, 11) is -4.79. The lowest BCUT2D eigenvalue weighted by atomic mass is 10.1. The minimum absolute atomic E-state index is 0. The van der Waals surface area contributed by atoms with Crippen molar-refractivity contribution in [3.05, 3.63) is 12.2 Å². The van der Waals surface area contributed by atoms with Crippen LogP contribution in [-0.2, 0) is 24.4 Å². The molecule has 192 valence electrons. The Morgan fingerprint density at radius 3 is 1.69 bits per heavy atom.